The Kier molecular flexibility index (Phi) is 4.76. The van der Waals surface area contributed by atoms with Gasteiger partial charge in [-0.15, -0.1) is 0 Å². The molecule has 2 amide bonds. The average molecular weight is 264 g/mol. The van der Waals surface area contributed by atoms with Crippen molar-refractivity contribution in [3.63, 3.8) is 0 Å². The Bertz CT molecular complexity index is 430. The molecule has 0 spiro atoms. The van der Waals surface area contributed by atoms with E-state index < -0.39 is 0 Å². The van der Waals surface area contributed by atoms with Crippen molar-refractivity contribution in [2.24, 2.45) is 0 Å². The second-order valence-electron chi connectivity index (χ2n) is 4.49. The summed E-state index contributed by atoms with van der Waals surface area (Å²) in [6.45, 7) is 3.69. The van der Waals surface area contributed by atoms with Crippen LogP contribution >= 0.6 is 0 Å². The zero-order chi connectivity index (χ0) is 13.7. The standard InChI is InChI=1S/C14H20N2O3/c1-3-11-6-4-5-7-12(11)15-14(17)16(2)10-13-18-8-9-19-13/h4-7,13H,3,8-10H2,1-2H3,(H,15,17). The van der Waals surface area contributed by atoms with Crippen molar-refractivity contribution in [2.75, 3.05) is 32.1 Å². The van der Waals surface area contributed by atoms with Crippen LogP contribution in [0.3, 0.4) is 0 Å². The first-order chi connectivity index (χ1) is 9.20. The smallest absolute Gasteiger partial charge is 0.321 e. The summed E-state index contributed by atoms with van der Waals surface area (Å²) in [6, 6.07) is 7.66. The van der Waals surface area contributed by atoms with E-state index in [9.17, 15) is 4.79 Å². The normalized spacial score (nSPS) is 15.5. The number of ether oxygens (including phenoxy) is 2. The molecule has 5 nitrogen and oxygen atoms in total. The van der Waals surface area contributed by atoms with E-state index in [1.54, 1.807) is 11.9 Å². The van der Waals surface area contributed by atoms with Crippen LogP contribution in [0.2, 0.25) is 0 Å². The van der Waals surface area contributed by atoms with Gasteiger partial charge in [-0.25, -0.2) is 4.79 Å². The highest BCUT2D eigenvalue weighted by Gasteiger charge is 2.20. The number of nitrogens with one attached hydrogen (secondary N) is 1. The van der Waals surface area contributed by atoms with Crippen LogP contribution in [0.25, 0.3) is 0 Å². The number of aryl methyl sites for hydroxylation is 1. The van der Waals surface area contributed by atoms with E-state index in [-0.39, 0.29) is 12.3 Å². The maximum Gasteiger partial charge on any atom is 0.321 e. The van der Waals surface area contributed by atoms with Gasteiger partial charge in [-0.2, -0.15) is 0 Å². The van der Waals surface area contributed by atoms with Gasteiger partial charge < -0.3 is 19.7 Å². The zero-order valence-electron chi connectivity index (χ0n) is 11.4. The van der Waals surface area contributed by atoms with Crippen LogP contribution in [0, 0.1) is 0 Å². The van der Waals surface area contributed by atoms with E-state index in [2.05, 4.69) is 12.2 Å². The molecule has 0 aromatic heterocycles. The maximum absolute atomic E-state index is 12.1. The lowest BCUT2D eigenvalue weighted by atomic mass is 10.1. The number of amides is 2. The molecule has 1 aromatic rings. The van der Waals surface area contributed by atoms with E-state index in [1.807, 2.05) is 24.3 Å². The van der Waals surface area contributed by atoms with Crippen molar-refractivity contribution in [2.45, 2.75) is 19.6 Å². The molecule has 1 aliphatic rings. The molecule has 1 fully saturated rings. The third kappa shape index (κ3) is 3.68. The van der Waals surface area contributed by atoms with Crippen molar-refractivity contribution in [1.29, 1.82) is 0 Å². The van der Waals surface area contributed by atoms with Crippen molar-refractivity contribution >= 4 is 11.7 Å². The Morgan fingerprint density at radius 3 is 2.74 bits per heavy atom. The molecule has 0 atom stereocenters. The number of carbonyl (C=O) groups excluding carboxylic acids is 1. The summed E-state index contributed by atoms with van der Waals surface area (Å²) < 4.78 is 10.6. The molecule has 0 radical (unpaired) electrons. The number of rotatable bonds is 4. The summed E-state index contributed by atoms with van der Waals surface area (Å²) in [5.74, 6) is 0. The fraction of sp³-hybridized carbons (Fsp3) is 0.500. The highest BCUT2D eigenvalue weighted by atomic mass is 16.7. The summed E-state index contributed by atoms with van der Waals surface area (Å²) in [6.07, 6.45) is 0.576. The average Bonchev–Trinajstić information content (AvgIpc) is 2.92. The number of carbonyl (C=O) groups is 1. The van der Waals surface area contributed by atoms with Crippen molar-refractivity contribution in [3.05, 3.63) is 29.8 Å². The SMILES string of the molecule is CCc1ccccc1NC(=O)N(C)CC1OCCO1. The number of anilines is 1. The van der Waals surface area contributed by atoms with Gasteiger partial charge in [-0.1, -0.05) is 25.1 Å². The summed E-state index contributed by atoms with van der Waals surface area (Å²) in [4.78, 5) is 13.6. The monoisotopic (exact) mass is 264 g/mol. The van der Waals surface area contributed by atoms with E-state index >= 15 is 0 Å². The van der Waals surface area contributed by atoms with Gasteiger partial charge in [0, 0.05) is 12.7 Å². The summed E-state index contributed by atoms with van der Waals surface area (Å²) in [7, 11) is 1.73. The fourth-order valence-corrected chi connectivity index (χ4v) is 1.98. The van der Waals surface area contributed by atoms with Crippen molar-refractivity contribution in [1.82, 2.24) is 4.90 Å². The van der Waals surface area contributed by atoms with Gasteiger partial charge >= 0.3 is 6.03 Å². The van der Waals surface area contributed by atoms with Gasteiger partial charge in [-0.05, 0) is 18.1 Å². The lowest BCUT2D eigenvalue weighted by Crippen LogP contribution is -2.37. The number of para-hydroxylation sites is 1. The number of urea groups is 1. The van der Waals surface area contributed by atoms with Gasteiger partial charge in [0.1, 0.15) is 0 Å². The van der Waals surface area contributed by atoms with E-state index in [0.29, 0.717) is 19.8 Å². The Hall–Kier alpha value is -1.59. The Balaban J connectivity index is 1.92. The maximum atomic E-state index is 12.1. The van der Waals surface area contributed by atoms with Crippen LogP contribution in [0.5, 0.6) is 0 Å². The molecule has 0 unspecified atom stereocenters. The molecule has 1 heterocycles. The number of hydrogen-bond acceptors (Lipinski definition) is 3. The molecule has 0 saturated carbocycles. The van der Waals surface area contributed by atoms with Crippen LogP contribution in [-0.2, 0) is 15.9 Å². The highest BCUT2D eigenvalue weighted by molar-refractivity contribution is 5.90. The van der Waals surface area contributed by atoms with Gasteiger partial charge in [0.05, 0.1) is 19.8 Å². The molecule has 19 heavy (non-hydrogen) atoms. The first-order valence-electron chi connectivity index (χ1n) is 6.54. The lowest BCUT2D eigenvalue weighted by molar-refractivity contribution is -0.0518. The second-order valence-corrected chi connectivity index (χ2v) is 4.49. The summed E-state index contributed by atoms with van der Waals surface area (Å²) >= 11 is 0. The van der Waals surface area contributed by atoms with E-state index in [0.717, 1.165) is 17.7 Å². The van der Waals surface area contributed by atoms with Crippen LogP contribution in [0.4, 0.5) is 10.5 Å². The number of likely N-dealkylation sites (N-methyl/N-ethyl adjacent to an activating group) is 1. The van der Waals surface area contributed by atoms with Crippen LogP contribution in [-0.4, -0.2) is 44.0 Å². The molecule has 0 bridgehead atoms. The Labute approximate surface area is 113 Å². The van der Waals surface area contributed by atoms with Crippen LogP contribution in [0.1, 0.15) is 12.5 Å². The first kappa shape index (κ1) is 13.8. The molecule has 5 heteroatoms. The third-order valence-corrected chi connectivity index (χ3v) is 3.10. The largest absolute Gasteiger partial charge is 0.348 e. The Morgan fingerprint density at radius 2 is 2.05 bits per heavy atom. The summed E-state index contributed by atoms with van der Waals surface area (Å²) in [5.41, 5.74) is 1.98. The molecule has 1 aliphatic heterocycles. The van der Waals surface area contributed by atoms with E-state index in [1.165, 1.54) is 0 Å². The molecule has 1 saturated heterocycles. The lowest BCUT2D eigenvalue weighted by Gasteiger charge is -2.21. The number of benzene rings is 1. The zero-order valence-corrected chi connectivity index (χ0v) is 11.4. The Morgan fingerprint density at radius 1 is 1.37 bits per heavy atom. The number of nitrogens with zero attached hydrogens (tertiary/aromatic N) is 1. The topological polar surface area (TPSA) is 50.8 Å². The predicted octanol–water partition coefficient (Wildman–Crippen LogP) is 2.09. The van der Waals surface area contributed by atoms with Gasteiger partial charge in [-0.3, -0.25) is 0 Å². The van der Waals surface area contributed by atoms with Crippen LogP contribution < -0.4 is 5.32 Å². The summed E-state index contributed by atoms with van der Waals surface area (Å²) in [5, 5.41) is 2.91. The van der Waals surface area contributed by atoms with Crippen molar-refractivity contribution in [3.8, 4) is 0 Å². The molecular weight excluding hydrogens is 244 g/mol. The predicted molar refractivity (Wildman–Crippen MR) is 73.2 cm³/mol. The molecular formula is C14H20N2O3. The quantitative estimate of drug-likeness (QED) is 0.906. The number of hydrogen-bond donors (Lipinski definition) is 1. The molecule has 0 aliphatic carbocycles. The van der Waals surface area contributed by atoms with E-state index in [4.69, 9.17) is 9.47 Å². The minimum Gasteiger partial charge on any atom is -0.348 e. The van der Waals surface area contributed by atoms with Crippen molar-refractivity contribution < 1.29 is 14.3 Å². The van der Waals surface area contributed by atoms with Gasteiger partial charge in [0.2, 0.25) is 0 Å². The molecule has 1 aromatic carbocycles. The van der Waals surface area contributed by atoms with Gasteiger partial charge in [0.25, 0.3) is 0 Å². The highest BCUT2D eigenvalue weighted by Crippen LogP contribution is 2.16. The second kappa shape index (κ2) is 6.54. The van der Waals surface area contributed by atoms with Crippen LogP contribution in [0.15, 0.2) is 24.3 Å². The fourth-order valence-electron chi connectivity index (χ4n) is 1.98. The first-order valence-corrected chi connectivity index (χ1v) is 6.54. The minimum atomic E-state index is -0.308. The third-order valence-electron chi connectivity index (χ3n) is 3.10. The molecule has 2 rings (SSSR count). The molecule has 1 N–H and O–H groups in total. The minimum absolute atomic E-state index is 0.153. The molecule has 104 valence electrons. The van der Waals surface area contributed by atoms with Gasteiger partial charge in [0.15, 0.2) is 6.29 Å².